The van der Waals surface area contributed by atoms with Gasteiger partial charge in [0, 0.05) is 5.38 Å². The van der Waals surface area contributed by atoms with Crippen LogP contribution in [0.5, 0.6) is 0 Å². The van der Waals surface area contributed by atoms with Crippen LogP contribution in [0.25, 0.3) is 0 Å². The third-order valence-corrected chi connectivity index (χ3v) is 4.30. The molecule has 2 atom stereocenters. The van der Waals surface area contributed by atoms with Crippen molar-refractivity contribution in [1.29, 1.82) is 0 Å². The van der Waals surface area contributed by atoms with E-state index in [4.69, 9.17) is 0 Å². The fraction of sp³-hybridized carbons (Fsp3) is 0.250. The zero-order valence-electron chi connectivity index (χ0n) is 11.9. The molecule has 21 heavy (non-hydrogen) atoms. The molecule has 4 nitrogen and oxygen atoms in total. The van der Waals surface area contributed by atoms with Crippen molar-refractivity contribution in [2.75, 3.05) is 0 Å². The number of aliphatic carboxylic acids is 1. The highest BCUT2D eigenvalue weighted by Crippen LogP contribution is 2.23. The molecule has 110 valence electrons. The van der Waals surface area contributed by atoms with Gasteiger partial charge in [0.05, 0.1) is 17.5 Å². The summed E-state index contributed by atoms with van der Waals surface area (Å²) in [4.78, 5) is 23.6. The first-order valence-electron chi connectivity index (χ1n) is 6.62. The van der Waals surface area contributed by atoms with Gasteiger partial charge in [0.15, 0.2) is 0 Å². The van der Waals surface area contributed by atoms with Crippen molar-refractivity contribution < 1.29 is 14.7 Å². The first-order chi connectivity index (χ1) is 10.0. The lowest BCUT2D eigenvalue weighted by Crippen LogP contribution is -2.35. The number of carbonyl (C=O) groups is 2. The highest BCUT2D eigenvalue weighted by Gasteiger charge is 2.27. The molecule has 0 fully saturated rings. The van der Waals surface area contributed by atoms with E-state index in [1.54, 1.807) is 12.3 Å². The Bertz CT molecular complexity index is 636. The van der Waals surface area contributed by atoms with Crippen molar-refractivity contribution in [2.45, 2.75) is 19.9 Å². The second-order valence-corrected chi connectivity index (χ2v) is 5.70. The van der Waals surface area contributed by atoms with Crippen LogP contribution in [-0.2, 0) is 4.79 Å². The Labute approximate surface area is 127 Å². The van der Waals surface area contributed by atoms with E-state index >= 15 is 0 Å². The number of benzene rings is 1. The van der Waals surface area contributed by atoms with Crippen LogP contribution >= 0.6 is 11.3 Å². The van der Waals surface area contributed by atoms with Gasteiger partial charge in [-0.1, -0.05) is 30.3 Å². The van der Waals surface area contributed by atoms with E-state index in [0.29, 0.717) is 5.56 Å². The van der Waals surface area contributed by atoms with Crippen LogP contribution in [0.1, 0.15) is 34.5 Å². The molecule has 0 radical (unpaired) electrons. The number of hydrogen-bond donors (Lipinski definition) is 2. The van der Waals surface area contributed by atoms with Crippen LogP contribution in [0.2, 0.25) is 0 Å². The largest absolute Gasteiger partial charge is 0.481 e. The maximum atomic E-state index is 12.3. The van der Waals surface area contributed by atoms with Gasteiger partial charge in [-0.05, 0) is 30.4 Å². The molecule has 2 rings (SSSR count). The SMILES string of the molecule is Cc1cscc1C(=O)NC(c1ccccc1)C(C)C(=O)O. The summed E-state index contributed by atoms with van der Waals surface area (Å²) in [7, 11) is 0. The Kier molecular flexibility index (Phi) is 4.75. The second-order valence-electron chi connectivity index (χ2n) is 4.96. The molecule has 1 aromatic carbocycles. The lowest BCUT2D eigenvalue weighted by atomic mass is 9.94. The molecule has 2 N–H and O–H groups in total. The predicted molar refractivity (Wildman–Crippen MR) is 82.5 cm³/mol. The van der Waals surface area contributed by atoms with Crippen molar-refractivity contribution in [3.8, 4) is 0 Å². The summed E-state index contributed by atoms with van der Waals surface area (Å²) in [5, 5.41) is 15.8. The average Bonchev–Trinajstić information content (AvgIpc) is 2.91. The highest BCUT2D eigenvalue weighted by atomic mass is 32.1. The van der Waals surface area contributed by atoms with E-state index in [-0.39, 0.29) is 5.91 Å². The molecule has 0 aliphatic carbocycles. The Morgan fingerprint density at radius 1 is 1.19 bits per heavy atom. The molecular weight excluding hydrogens is 286 g/mol. The van der Waals surface area contributed by atoms with Crippen molar-refractivity contribution in [3.63, 3.8) is 0 Å². The van der Waals surface area contributed by atoms with Gasteiger partial charge in [-0.15, -0.1) is 0 Å². The van der Waals surface area contributed by atoms with Gasteiger partial charge < -0.3 is 10.4 Å². The Hall–Kier alpha value is -2.14. The molecule has 0 bridgehead atoms. The van der Waals surface area contributed by atoms with Crippen LogP contribution in [0.15, 0.2) is 41.1 Å². The number of thiophene rings is 1. The van der Waals surface area contributed by atoms with E-state index in [9.17, 15) is 14.7 Å². The van der Waals surface area contributed by atoms with Gasteiger partial charge in [0.25, 0.3) is 5.91 Å². The summed E-state index contributed by atoms with van der Waals surface area (Å²) in [5.41, 5.74) is 2.28. The Morgan fingerprint density at radius 3 is 2.38 bits per heavy atom. The molecule has 2 unspecified atom stereocenters. The average molecular weight is 303 g/mol. The van der Waals surface area contributed by atoms with Crippen molar-refractivity contribution in [1.82, 2.24) is 5.32 Å². The zero-order valence-corrected chi connectivity index (χ0v) is 12.7. The minimum absolute atomic E-state index is 0.240. The quantitative estimate of drug-likeness (QED) is 0.891. The maximum Gasteiger partial charge on any atom is 0.308 e. The minimum Gasteiger partial charge on any atom is -0.481 e. The minimum atomic E-state index is -0.939. The van der Waals surface area contributed by atoms with Gasteiger partial charge >= 0.3 is 5.97 Å². The molecule has 2 aromatic rings. The van der Waals surface area contributed by atoms with Gasteiger partial charge in [0.1, 0.15) is 0 Å². The molecule has 0 aliphatic heterocycles. The molecule has 1 aromatic heterocycles. The number of amides is 1. The number of nitrogens with one attached hydrogen (secondary N) is 1. The number of carboxylic acid groups (broad SMARTS) is 1. The van der Waals surface area contributed by atoms with Gasteiger partial charge in [-0.3, -0.25) is 9.59 Å². The van der Waals surface area contributed by atoms with E-state index in [2.05, 4.69) is 5.32 Å². The second kappa shape index (κ2) is 6.54. The summed E-state index contributed by atoms with van der Waals surface area (Å²) >= 11 is 1.45. The van der Waals surface area contributed by atoms with Gasteiger partial charge in [-0.2, -0.15) is 11.3 Å². The number of carboxylic acids is 1. The standard InChI is InChI=1S/C16H17NO3S/c1-10-8-21-9-13(10)15(18)17-14(11(2)16(19)20)12-6-4-3-5-7-12/h3-9,11,14H,1-2H3,(H,17,18)(H,19,20). The van der Waals surface area contributed by atoms with Crippen LogP contribution in [0, 0.1) is 12.8 Å². The summed E-state index contributed by atoms with van der Waals surface area (Å²) in [5.74, 6) is -1.89. The van der Waals surface area contributed by atoms with Crippen molar-refractivity contribution in [2.24, 2.45) is 5.92 Å². The molecule has 5 heteroatoms. The Balaban J connectivity index is 2.27. The predicted octanol–water partition coefficient (Wildman–Crippen LogP) is 3.25. The van der Waals surface area contributed by atoms with Crippen LogP contribution in [0.3, 0.4) is 0 Å². The fourth-order valence-electron chi connectivity index (χ4n) is 2.11. The number of hydrogen-bond acceptors (Lipinski definition) is 3. The summed E-state index contributed by atoms with van der Waals surface area (Å²) < 4.78 is 0. The topological polar surface area (TPSA) is 66.4 Å². The van der Waals surface area contributed by atoms with Crippen LogP contribution < -0.4 is 5.32 Å². The molecule has 0 saturated carbocycles. The van der Waals surface area contributed by atoms with Crippen molar-refractivity contribution in [3.05, 3.63) is 57.8 Å². The highest BCUT2D eigenvalue weighted by molar-refractivity contribution is 7.08. The van der Waals surface area contributed by atoms with E-state index in [1.165, 1.54) is 11.3 Å². The lowest BCUT2D eigenvalue weighted by Gasteiger charge is -2.23. The third-order valence-electron chi connectivity index (χ3n) is 3.43. The summed E-state index contributed by atoms with van der Waals surface area (Å²) in [6.07, 6.45) is 0. The molecule has 0 saturated heterocycles. The summed E-state index contributed by atoms with van der Waals surface area (Å²) in [6, 6.07) is 8.61. The first-order valence-corrected chi connectivity index (χ1v) is 7.56. The lowest BCUT2D eigenvalue weighted by molar-refractivity contribution is -0.142. The van der Waals surface area contributed by atoms with Gasteiger partial charge in [-0.25, -0.2) is 0 Å². The van der Waals surface area contributed by atoms with Crippen molar-refractivity contribution >= 4 is 23.2 Å². The van der Waals surface area contributed by atoms with Crippen LogP contribution in [-0.4, -0.2) is 17.0 Å². The number of aryl methyl sites for hydroxylation is 1. The van der Waals surface area contributed by atoms with Gasteiger partial charge in [0.2, 0.25) is 0 Å². The Morgan fingerprint density at radius 2 is 1.86 bits per heavy atom. The number of carbonyl (C=O) groups excluding carboxylic acids is 1. The molecule has 0 spiro atoms. The fourth-order valence-corrected chi connectivity index (χ4v) is 2.94. The number of rotatable bonds is 5. The van der Waals surface area contributed by atoms with E-state index in [1.807, 2.05) is 42.6 Å². The van der Waals surface area contributed by atoms with E-state index < -0.39 is 17.9 Å². The molecular formula is C16H17NO3S. The first kappa shape index (κ1) is 15.3. The van der Waals surface area contributed by atoms with Crippen LogP contribution in [0.4, 0.5) is 0 Å². The molecule has 1 heterocycles. The maximum absolute atomic E-state index is 12.3. The smallest absolute Gasteiger partial charge is 0.308 e. The monoisotopic (exact) mass is 303 g/mol. The summed E-state index contributed by atoms with van der Waals surface area (Å²) in [6.45, 7) is 3.46. The third kappa shape index (κ3) is 3.49. The molecule has 1 amide bonds. The molecule has 0 aliphatic rings. The van der Waals surface area contributed by atoms with E-state index in [0.717, 1.165) is 11.1 Å². The normalized spacial score (nSPS) is 13.4. The zero-order chi connectivity index (χ0) is 15.4.